The molecule has 1 N–H and O–H groups in total. The fraction of sp³-hybridized carbons (Fsp3) is 0.0741. The lowest BCUT2D eigenvalue weighted by Crippen LogP contribution is -2.29. The van der Waals surface area contributed by atoms with Crippen LogP contribution in [0.15, 0.2) is 109 Å². The maximum Gasteiger partial charge on any atom is 0.252 e. The zero-order valence-electron chi connectivity index (χ0n) is 16.4. The van der Waals surface area contributed by atoms with Crippen LogP contribution in [-0.4, -0.2) is 5.91 Å². The third-order valence-corrected chi connectivity index (χ3v) is 5.07. The smallest absolute Gasteiger partial charge is 0.252 e. The van der Waals surface area contributed by atoms with Crippen molar-refractivity contribution in [1.29, 1.82) is 0 Å². The molecule has 2 heteroatoms. The molecule has 0 aliphatic heterocycles. The van der Waals surface area contributed by atoms with Crippen molar-refractivity contribution in [3.05, 3.63) is 131 Å². The first kappa shape index (κ1) is 18.7. The Balaban J connectivity index is 1.59. The zero-order chi connectivity index (χ0) is 20.1. The Morgan fingerprint density at radius 1 is 0.621 bits per heavy atom. The van der Waals surface area contributed by atoms with Crippen LogP contribution in [0.5, 0.6) is 0 Å². The highest BCUT2D eigenvalue weighted by Gasteiger charge is 2.17. The molecule has 1 atom stereocenters. The van der Waals surface area contributed by atoms with Gasteiger partial charge in [-0.05, 0) is 41.3 Å². The van der Waals surface area contributed by atoms with E-state index >= 15 is 0 Å². The van der Waals surface area contributed by atoms with Gasteiger partial charge in [0, 0.05) is 5.56 Å². The molecule has 0 aromatic heterocycles. The zero-order valence-corrected chi connectivity index (χ0v) is 16.4. The van der Waals surface area contributed by atoms with Gasteiger partial charge in [0.2, 0.25) is 0 Å². The molecule has 0 fully saturated rings. The van der Waals surface area contributed by atoms with Gasteiger partial charge in [-0.3, -0.25) is 4.79 Å². The Kier molecular flexibility index (Phi) is 5.53. The van der Waals surface area contributed by atoms with Crippen LogP contribution >= 0.6 is 0 Å². The Hall–Kier alpha value is -3.65. The quantitative estimate of drug-likeness (QED) is 0.442. The normalized spacial score (nSPS) is 11.6. The van der Waals surface area contributed by atoms with Gasteiger partial charge in [0.25, 0.3) is 5.91 Å². The number of carbonyl (C=O) groups excluding carboxylic acids is 1. The van der Waals surface area contributed by atoms with Crippen LogP contribution < -0.4 is 5.32 Å². The van der Waals surface area contributed by atoms with Crippen LogP contribution in [0.3, 0.4) is 0 Å². The highest BCUT2D eigenvalue weighted by atomic mass is 16.1. The number of hydrogen-bond donors (Lipinski definition) is 1. The van der Waals surface area contributed by atoms with Gasteiger partial charge < -0.3 is 5.32 Å². The summed E-state index contributed by atoms with van der Waals surface area (Å²) in [4.78, 5) is 13.0. The molecule has 0 aliphatic rings. The third kappa shape index (κ3) is 4.44. The number of aryl methyl sites for hydroxylation is 1. The number of carbonyl (C=O) groups is 1. The molecule has 0 spiro atoms. The number of benzene rings is 4. The van der Waals surface area contributed by atoms with E-state index in [0.29, 0.717) is 5.56 Å². The van der Waals surface area contributed by atoms with Gasteiger partial charge in [-0.2, -0.15) is 0 Å². The first-order chi connectivity index (χ1) is 14.2. The van der Waals surface area contributed by atoms with Crippen molar-refractivity contribution >= 4 is 5.91 Å². The molecule has 0 radical (unpaired) electrons. The molecular formula is C27H23NO. The van der Waals surface area contributed by atoms with E-state index in [1.54, 1.807) is 0 Å². The molecule has 1 amide bonds. The molecule has 0 saturated heterocycles. The van der Waals surface area contributed by atoms with Crippen molar-refractivity contribution in [3.63, 3.8) is 0 Å². The second kappa shape index (κ2) is 8.57. The van der Waals surface area contributed by atoms with E-state index in [2.05, 4.69) is 48.6 Å². The third-order valence-electron chi connectivity index (χ3n) is 5.07. The van der Waals surface area contributed by atoms with Crippen LogP contribution in [0.25, 0.3) is 11.1 Å². The minimum atomic E-state index is -0.196. The van der Waals surface area contributed by atoms with Crippen molar-refractivity contribution in [2.24, 2.45) is 0 Å². The summed E-state index contributed by atoms with van der Waals surface area (Å²) in [5, 5.41) is 3.21. The number of hydrogen-bond acceptors (Lipinski definition) is 1. The van der Waals surface area contributed by atoms with Crippen molar-refractivity contribution in [2.45, 2.75) is 13.0 Å². The molecular weight excluding hydrogens is 354 g/mol. The van der Waals surface area contributed by atoms with Crippen molar-refractivity contribution < 1.29 is 4.79 Å². The second-order valence-electron chi connectivity index (χ2n) is 7.17. The lowest BCUT2D eigenvalue weighted by molar-refractivity contribution is 0.0943. The molecule has 0 unspecified atom stereocenters. The van der Waals surface area contributed by atoms with Gasteiger partial charge in [-0.15, -0.1) is 0 Å². The van der Waals surface area contributed by atoms with Gasteiger partial charge in [0.15, 0.2) is 0 Å². The summed E-state index contributed by atoms with van der Waals surface area (Å²) < 4.78 is 0. The van der Waals surface area contributed by atoms with E-state index < -0.39 is 0 Å². The molecule has 142 valence electrons. The number of nitrogens with one attached hydrogen (secondary N) is 1. The summed E-state index contributed by atoms with van der Waals surface area (Å²) in [7, 11) is 0. The molecule has 0 aliphatic carbocycles. The predicted octanol–water partition coefficient (Wildman–Crippen LogP) is 6.18. The molecule has 0 saturated carbocycles. The fourth-order valence-electron chi connectivity index (χ4n) is 3.42. The van der Waals surface area contributed by atoms with E-state index in [1.165, 1.54) is 5.56 Å². The predicted molar refractivity (Wildman–Crippen MR) is 119 cm³/mol. The van der Waals surface area contributed by atoms with E-state index in [-0.39, 0.29) is 11.9 Å². The van der Waals surface area contributed by atoms with E-state index in [0.717, 1.165) is 22.3 Å². The maximum absolute atomic E-state index is 13.0. The first-order valence-electron chi connectivity index (χ1n) is 9.78. The lowest BCUT2D eigenvalue weighted by atomic mass is 9.97. The Labute approximate surface area is 171 Å². The van der Waals surface area contributed by atoms with Gasteiger partial charge >= 0.3 is 0 Å². The van der Waals surface area contributed by atoms with Gasteiger partial charge in [-0.1, -0.05) is 103 Å². The molecule has 0 heterocycles. The highest BCUT2D eigenvalue weighted by Crippen LogP contribution is 2.24. The van der Waals surface area contributed by atoms with Gasteiger partial charge in [0.05, 0.1) is 6.04 Å². The maximum atomic E-state index is 13.0. The van der Waals surface area contributed by atoms with Gasteiger partial charge in [0.1, 0.15) is 0 Å². The summed E-state index contributed by atoms with van der Waals surface area (Å²) in [5.74, 6) is -0.0842. The lowest BCUT2D eigenvalue weighted by Gasteiger charge is -2.20. The van der Waals surface area contributed by atoms with Crippen molar-refractivity contribution in [2.75, 3.05) is 0 Å². The molecule has 29 heavy (non-hydrogen) atoms. The monoisotopic (exact) mass is 377 g/mol. The molecule has 2 nitrogen and oxygen atoms in total. The van der Waals surface area contributed by atoms with Crippen LogP contribution in [0.2, 0.25) is 0 Å². The summed E-state index contributed by atoms with van der Waals surface area (Å²) in [6.07, 6.45) is 0. The molecule has 4 aromatic rings. The van der Waals surface area contributed by atoms with E-state index in [9.17, 15) is 4.79 Å². The fourth-order valence-corrected chi connectivity index (χ4v) is 3.42. The molecule has 4 aromatic carbocycles. The summed E-state index contributed by atoms with van der Waals surface area (Å²) in [6.45, 7) is 2.06. The minimum Gasteiger partial charge on any atom is -0.341 e. The van der Waals surface area contributed by atoms with Crippen molar-refractivity contribution in [3.8, 4) is 11.1 Å². The van der Waals surface area contributed by atoms with Crippen LogP contribution in [0.1, 0.15) is 33.1 Å². The summed E-state index contributed by atoms with van der Waals surface area (Å²) in [6, 6.07) is 36.1. The number of rotatable bonds is 5. The van der Waals surface area contributed by atoms with Gasteiger partial charge in [-0.25, -0.2) is 0 Å². The standard InChI is InChI=1S/C27H23NO/c1-20-12-14-24(15-13-20)26(23-10-6-3-7-11-23)28-27(29)25-18-16-22(17-19-25)21-8-4-2-5-9-21/h2-19,26H,1H3,(H,28,29)/t26-/m1/s1. The van der Waals surface area contributed by atoms with Crippen LogP contribution in [0, 0.1) is 6.92 Å². The second-order valence-corrected chi connectivity index (χ2v) is 7.17. The van der Waals surface area contributed by atoms with Crippen LogP contribution in [0.4, 0.5) is 0 Å². The van der Waals surface area contributed by atoms with Crippen LogP contribution in [-0.2, 0) is 0 Å². The average Bonchev–Trinajstić information content (AvgIpc) is 2.79. The molecule has 4 rings (SSSR count). The Morgan fingerprint density at radius 2 is 1.14 bits per heavy atom. The van der Waals surface area contributed by atoms with Crippen molar-refractivity contribution in [1.82, 2.24) is 5.32 Å². The van der Waals surface area contributed by atoms with E-state index in [1.807, 2.05) is 72.8 Å². The average molecular weight is 377 g/mol. The summed E-state index contributed by atoms with van der Waals surface area (Å²) >= 11 is 0. The summed E-state index contributed by atoms with van der Waals surface area (Å²) in [5.41, 5.74) is 6.21. The first-order valence-corrected chi connectivity index (χ1v) is 9.78. The highest BCUT2D eigenvalue weighted by molar-refractivity contribution is 5.95. The number of amides is 1. The minimum absolute atomic E-state index is 0.0842. The van der Waals surface area contributed by atoms with E-state index in [4.69, 9.17) is 0 Å². The topological polar surface area (TPSA) is 29.1 Å². The Bertz CT molecular complexity index is 1070. The SMILES string of the molecule is Cc1ccc([C@H](NC(=O)c2ccc(-c3ccccc3)cc2)c2ccccc2)cc1. The Morgan fingerprint density at radius 3 is 1.76 bits per heavy atom. The largest absolute Gasteiger partial charge is 0.341 e. The molecule has 0 bridgehead atoms.